The van der Waals surface area contributed by atoms with Crippen LogP contribution in [-0.4, -0.2) is 31.4 Å². The van der Waals surface area contributed by atoms with Crippen molar-refractivity contribution in [2.24, 2.45) is 5.92 Å². The normalized spacial score (nSPS) is 19.6. The maximum absolute atomic E-state index is 12.2. The standard InChI is InChI=1S/C14H13Cl2NO3/c15-9-1-2-10(16)12-11(9)13(18)14(19)17(12)7-8-3-5-20-6-4-8/h1-2,8H,3-7H2. The lowest BCUT2D eigenvalue weighted by Gasteiger charge is -2.27. The molecule has 20 heavy (non-hydrogen) atoms. The molecule has 0 spiro atoms. The summed E-state index contributed by atoms with van der Waals surface area (Å²) < 4.78 is 5.31. The molecule has 2 aliphatic heterocycles. The molecule has 4 nitrogen and oxygen atoms in total. The highest BCUT2D eigenvalue weighted by Crippen LogP contribution is 2.40. The van der Waals surface area contributed by atoms with E-state index in [1.54, 1.807) is 12.1 Å². The molecule has 0 saturated carbocycles. The minimum Gasteiger partial charge on any atom is -0.381 e. The Morgan fingerprint density at radius 3 is 2.50 bits per heavy atom. The average Bonchev–Trinajstić information content (AvgIpc) is 2.70. The van der Waals surface area contributed by atoms with Crippen molar-refractivity contribution in [1.82, 2.24) is 0 Å². The first-order valence-electron chi connectivity index (χ1n) is 6.51. The first-order chi connectivity index (χ1) is 9.59. The molecular formula is C14H13Cl2NO3. The maximum atomic E-state index is 12.2. The van der Waals surface area contributed by atoms with Crippen molar-refractivity contribution in [3.8, 4) is 0 Å². The van der Waals surface area contributed by atoms with Gasteiger partial charge in [-0.2, -0.15) is 0 Å². The fourth-order valence-electron chi connectivity index (χ4n) is 2.71. The van der Waals surface area contributed by atoms with E-state index in [2.05, 4.69) is 0 Å². The van der Waals surface area contributed by atoms with Gasteiger partial charge in [-0.15, -0.1) is 0 Å². The molecule has 0 bridgehead atoms. The molecule has 3 rings (SSSR count). The lowest BCUT2D eigenvalue weighted by molar-refractivity contribution is -0.114. The molecule has 0 aliphatic carbocycles. The zero-order valence-corrected chi connectivity index (χ0v) is 12.2. The molecule has 106 valence electrons. The summed E-state index contributed by atoms with van der Waals surface area (Å²) in [5.74, 6) is -0.789. The van der Waals surface area contributed by atoms with Gasteiger partial charge in [-0.05, 0) is 30.9 Å². The van der Waals surface area contributed by atoms with Crippen LogP contribution in [0, 0.1) is 5.92 Å². The summed E-state index contributed by atoms with van der Waals surface area (Å²) in [6.45, 7) is 1.87. The summed E-state index contributed by atoms with van der Waals surface area (Å²) >= 11 is 12.2. The van der Waals surface area contributed by atoms with Gasteiger partial charge in [0, 0.05) is 19.8 Å². The van der Waals surface area contributed by atoms with Crippen LogP contribution in [0.5, 0.6) is 0 Å². The van der Waals surface area contributed by atoms with E-state index < -0.39 is 11.7 Å². The molecule has 1 amide bonds. The Kier molecular flexibility index (Phi) is 3.71. The molecule has 1 saturated heterocycles. The van der Waals surface area contributed by atoms with E-state index in [1.807, 2.05) is 0 Å². The van der Waals surface area contributed by atoms with E-state index >= 15 is 0 Å². The number of halogens is 2. The Balaban J connectivity index is 1.95. The smallest absolute Gasteiger partial charge is 0.299 e. The summed E-state index contributed by atoms with van der Waals surface area (Å²) in [5.41, 5.74) is 0.692. The number of carbonyl (C=O) groups is 2. The Hall–Kier alpha value is -1.10. The van der Waals surface area contributed by atoms with Gasteiger partial charge in [0.05, 0.1) is 21.3 Å². The van der Waals surface area contributed by atoms with Crippen LogP contribution < -0.4 is 4.90 Å². The molecule has 1 aromatic carbocycles. The summed E-state index contributed by atoms with van der Waals surface area (Å²) in [6, 6.07) is 3.16. The molecule has 0 aromatic heterocycles. The predicted molar refractivity (Wildman–Crippen MR) is 76.7 cm³/mol. The second-order valence-electron chi connectivity index (χ2n) is 5.05. The molecule has 2 heterocycles. The van der Waals surface area contributed by atoms with Crippen LogP contribution in [0.2, 0.25) is 10.0 Å². The van der Waals surface area contributed by atoms with Gasteiger partial charge in [0.2, 0.25) is 0 Å². The van der Waals surface area contributed by atoms with Gasteiger partial charge in [0.1, 0.15) is 0 Å². The van der Waals surface area contributed by atoms with Gasteiger partial charge in [-0.1, -0.05) is 23.2 Å². The van der Waals surface area contributed by atoms with Crippen LogP contribution >= 0.6 is 23.2 Å². The van der Waals surface area contributed by atoms with Crippen LogP contribution in [0.4, 0.5) is 5.69 Å². The van der Waals surface area contributed by atoms with Gasteiger partial charge < -0.3 is 9.64 Å². The summed E-state index contributed by atoms with van der Waals surface area (Å²) in [6.07, 6.45) is 1.76. The van der Waals surface area contributed by atoms with Crippen molar-refractivity contribution in [3.05, 3.63) is 27.7 Å². The van der Waals surface area contributed by atoms with E-state index in [9.17, 15) is 9.59 Å². The average molecular weight is 314 g/mol. The van der Waals surface area contributed by atoms with Gasteiger partial charge in [0.25, 0.3) is 11.7 Å². The third-order valence-electron chi connectivity index (χ3n) is 3.80. The lowest BCUT2D eigenvalue weighted by Crippen LogP contribution is -2.36. The topological polar surface area (TPSA) is 46.6 Å². The van der Waals surface area contributed by atoms with E-state index in [0.717, 1.165) is 12.8 Å². The van der Waals surface area contributed by atoms with E-state index in [-0.39, 0.29) is 10.6 Å². The number of carbonyl (C=O) groups excluding carboxylic acids is 2. The number of rotatable bonds is 2. The van der Waals surface area contributed by atoms with Crippen molar-refractivity contribution in [2.75, 3.05) is 24.7 Å². The molecule has 0 unspecified atom stereocenters. The summed E-state index contributed by atoms with van der Waals surface area (Å²) in [4.78, 5) is 25.7. The third-order valence-corrected chi connectivity index (χ3v) is 4.42. The quantitative estimate of drug-likeness (QED) is 0.789. The van der Waals surface area contributed by atoms with Crippen molar-refractivity contribution in [1.29, 1.82) is 0 Å². The monoisotopic (exact) mass is 313 g/mol. The first kappa shape index (κ1) is 13.9. The zero-order valence-electron chi connectivity index (χ0n) is 10.7. The highest BCUT2D eigenvalue weighted by molar-refractivity contribution is 6.56. The fraction of sp³-hybridized carbons (Fsp3) is 0.429. The third kappa shape index (κ3) is 2.22. The Labute approximate surface area is 126 Å². The van der Waals surface area contributed by atoms with Crippen molar-refractivity contribution < 1.29 is 14.3 Å². The minimum atomic E-state index is -0.570. The first-order valence-corrected chi connectivity index (χ1v) is 7.27. The zero-order chi connectivity index (χ0) is 14.3. The molecular weight excluding hydrogens is 301 g/mol. The number of benzene rings is 1. The number of hydrogen-bond donors (Lipinski definition) is 0. The molecule has 0 N–H and O–H groups in total. The number of hydrogen-bond acceptors (Lipinski definition) is 3. The van der Waals surface area contributed by atoms with Gasteiger partial charge >= 0.3 is 0 Å². The van der Waals surface area contributed by atoms with Crippen LogP contribution in [-0.2, 0) is 9.53 Å². The number of ketones is 1. The van der Waals surface area contributed by atoms with Gasteiger partial charge in [-0.3, -0.25) is 9.59 Å². The second kappa shape index (κ2) is 5.35. The number of fused-ring (bicyclic) bond motifs is 1. The Morgan fingerprint density at radius 2 is 1.80 bits per heavy atom. The second-order valence-corrected chi connectivity index (χ2v) is 5.87. The largest absolute Gasteiger partial charge is 0.381 e. The van der Waals surface area contributed by atoms with Gasteiger partial charge in [0.15, 0.2) is 0 Å². The minimum absolute atomic E-state index is 0.233. The molecule has 0 atom stereocenters. The summed E-state index contributed by atoms with van der Waals surface area (Å²) in [5, 5.41) is 0.660. The van der Waals surface area contributed by atoms with E-state index in [1.165, 1.54) is 4.90 Å². The van der Waals surface area contributed by atoms with Crippen LogP contribution in [0.15, 0.2) is 12.1 Å². The van der Waals surface area contributed by atoms with Crippen LogP contribution in [0.1, 0.15) is 23.2 Å². The van der Waals surface area contributed by atoms with Crippen LogP contribution in [0.3, 0.4) is 0 Å². The molecule has 1 fully saturated rings. The molecule has 2 aliphatic rings. The van der Waals surface area contributed by atoms with Gasteiger partial charge in [-0.25, -0.2) is 0 Å². The number of amides is 1. The molecule has 0 radical (unpaired) electrons. The van der Waals surface area contributed by atoms with E-state index in [4.69, 9.17) is 27.9 Å². The number of Topliss-reactive ketones (excluding diaryl/α,β-unsaturated/α-hetero) is 1. The highest BCUT2D eigenvalue weighted by Gasteiger charge is 2.40. The Morgan fingerprint density at radius 1 is 1.15 bits per heavy atom. The van der Waals surface area contributed by atoms with Crippen molar-refractivity contribution in [2.45, 2.75) is 12.8 Å². The molecule has 6 heteroatoms. The number of anilines is 1. The molecule has 1 aromatic rings. The lowest BCUT2D eigenvalue weighted by atomic mass is 9.99. The van der Waals surface area contributed by atoms with E-state index in [0.29, 0.717) is 36.4 Å². The maximum Gasteiger partial charge on any atom is 0.299 e. The van der Waals surface area contributed by atoms with Crippen LogP contribution in [0.25, 0.3) is 0 Å². The number of nitrogens with zero attached hydrogens (tertiary/aromatic N) is 1. The fourth-order valence-corrected chi connectivity index (χ4v) is 3.21. The summed E-state index contributed by atoms with van der Waals surface area (Å²) in [7, 11) is 0. The predicted octanol–water partition coefficient (Wildman–Crippen LogP) is 2.95. The number of ether oxygens (including phenoxy) is 1. The van der Waals surface area contributed by atoms with Crippen molar-refractivity contribution in [3.63, 3.8) is 0 Å². The Bertz CT molecular complexity index is 582. The highest BCUT2D eigenvalue weighted by atomic mass is 35.5. The SMILES string of the molecule is O=C1C(=O)N(CC2CCOCC2)c2c(Cl)ccc(Cl)c21. The van der Waals surface area contributed by atoms with Crippen molar-refractivity contribution >= 4 is 40.6 Å².